The van der Waals surface area contributed by atoms with E-state index in [1.165, 1.54) is 0 Å². The number of ether oxygens (including phenoxy) is 1. The Bertz CT molecular complexity index is 651. The average molecular weight is 292 g/mol. The van der Waals surface area contributed by atoms with Gasteiger partial charge in [0, 0.05) is 5.56 Å². The van der Waals surface area contributed by atoms with Crippen LogP contribution in [-0.4, -0.2) is 25.9 Å². The van der Waals surface area contributed by atoms with Gasteiger partial charge in [0.15, 0.2) is 9.84 Å². The summed E-state index contributed by atoms with van der Waals surface area (Å²) < 4.78 is 29.3. The van der Waals surface area contributed by atoms with Crippen LogP contribution in [0.2, 0.25) is 0 Å². The zero-order valence-electron chi connectivity index (χ0n) is 10.9. The molecular formula is C15H16O4S. The molecule has 20 heavy (non-hydrogen) atoms. The average Bonchev–Trinajstić information content (AvgIpc) is 2.42. The predicted molar refractivity (Wildman–Crippen MR) is 77.5 cm³/mol. The van der Waals surface area contributed by atoms with Crippen LogP contribution in [0, 0.1) is 0 Å². The maximum absolute atomic E-state index is 11.8. The van der Waals surface area contributed by atoms with Crippen LogP contribution in [-0.2, 0) is 15.6 Å². The molecule has 0 aromatic heterocycles. The number of aliphatic hydroxyl groups excluding tert-OH is 1. The SMILES string of the molecule is O=S(=O)(CCO)Cc1ccccc1Oc1ccccc1. The molecule has 0 saturated carbocycles. The van der Waals surface area contributed by atoms with Crippen molar-refractivity contribution in [2.45, 2.75) is 5.75 Å². The fourth-order valence-corrected chi connectivity index (χ4v) is 2.92. The fourth-order valence-electron chi connectivity index (χ4n) is 1.79. The van der Waals surface area contributed by atoms with Gasteiger partial charge in [-0.05, 0) is 18.2 Å². The molecule has 0 saturated heterocycles. The van der Waals surface area contributed by atoms with E-state index in [4.69, 9.17) is 9.84 Å². The first kappa shape index (κ1) is 14.6. The highest BCUT2D eigenvalue weighted by Crippen LogP contribution is 2.26. The van der Waals surface area contributed by atoms with Crippen LogP contribution in [0.5, 0.6) is 11.5 Å². The van der Waals surface area contributed by atoms with Gasteiger partial charge in [0.2, 0.25) is 0 Å². The Labute approximate surface area is 118 Å². The summed E-state index contributed by atoms with van der Waals surface area (Å²) in [5.41, 5.74) is 0.588. The third-order valence-electron chi connectivity index (χ3n) is 2.72. The molecule has 0 unspecified atom stereocenters. The van der Waals surface area contributed by atoms with Crippen molar-refractivity contribution in [2.24, 2.45) is 0 Å². The number of para-hydroxylation sites is 2. The lowest BCUT2D eigenvalue weighted by Gasteiger charge is -2.11. The van der Waals surface area contributed by atoms with Crippen molar-refractivity contribution in [3.8, 4) is 11.5 Å². The Hall–Kier alpha value is -1.85. The van der Waals surface area contributed by atoms with Gasteiger partial charge in [-0.2, -0.15) is 0 Å². The molecule has 0 heterocycles. The molecule has 2 rings (SSSR count). The van der Waals surface area contributed by atoms with E-state index in [9.17, 15) is 8.42 Å². The van der Waals surface area contributed by atoms with E-state index in [-0.39, 0.29) is 18.1 Å². The minimum Gasteiger partial charge on any atom is -0.457 e. The second-order valence-corrected chi connectivity index (χ2v) is 6.52. The van der Waals surface area contributed by atoms with Crippen molar-refractivity contribution in [2.75, 3.05) is 12.4 Å². The quantitative estimate of drug-likeness (QED) is 0.888. The topological polar surface area (TPSA) is 63.6 Å². The van der Waals surface area contributed by atoms with Crippen molar-refractivity contribution in [3.63, 3.8) is 0 Å². The minimum absolute atomic E-state index is 0.142. The zero-order valence-corrected chi connectivity index (χ0v) is 11.7. The molecule has 0 radical (unpaired) electrons. The fraction of sp³-hybridized carbons (Fsp3) is 0.200. The van der Waals surface area contributed by atoms with Crippen LogP contribution in [0.1, 0.15) is 5.56 Å². The smallest absolute Gasteiger partial charge is 0.156 e. The maximum Gasteiger partial charge on any atom is 0.156 e. The van der Waals surface area contributed by atoms with Gasteiger partial charge in [0.1, 0.15) is 11.5 Å². The van der Waals surface area contributed by atoms with Gasteiger partial charge < -0.3 is 9.84 Å². The molecule has 0 amide bonds. The monoisotopic (exact) mass is 292 g/mol. The lowest BCUT2D eigenvalue weighted by molar-refractivity contribution is 0.319. The van der Waals surface area contributed by atoms with Crippen LogP contribution < -0.4 is 4.74 Å². The molecule has 2 aromatic carbocycles. The van der Waals surface area contributed by atoms with Gasteiger partial charge in [-0.3, -0.25) is 0 Å². The second kappa shape index (κ2) is 6.54. The van der Waals surface area contributed by atoms with E-state index in [0.717, 1.165) is 0 Å². The van der Waals surface area contributed by atoms with Crippen molar-refractivity contribution < 1.29 is 18.3 Å². The highest BCUT2D eigenvalue weighted by molar-refractivity contribution is 7.90. The number of benzene rings is 2. The summed E-state index contributed by atoms with van der Waals surface area (Å²) in [4.78, 5) is 0. The lowest BCUT2D eigenvalue weighted by Crippen LogP contribution is -2.12. The third-order valence-corrected chi connectivity index (χ3v) is 4.28. The minimum atomic E-state index is -3.33. The Morgan fingerprint density at radius 2 is 1.60 bits per heavy atom. The first-order chi connectivity index (χ1) is 9.61. The molecule has 0 aliphatic rings. The number of hydrogen-bond acceptors (Lipinski definition) is 4. The molecule has 1 N–H and O–H groups in total. The van der Waals surface area contributed by atoms with Crippen LogP contribution in [0.3, 0.4) is 0 Å². The van der Waals surface area contributed by atoms with Crippen LogP contribution in [0.4, 0.5) is 0 Å². The number of sulfone groups is 1. The van der Waals surface area contributed by atoms with Gasteiger partial charge in [0.05, 0.1) is 18.1 Å². The Morgan fingerprint density at radius 3 is 2.30 bits per heavy atom. The molecule has 4 nitrogen and oxygen atoms in total. The Morgan fingerprint density at radius 1 is 0.950 bits per heavy atom. The Kier molecular flexibility index (Phi) is 4.76. The van der Waals surface area contributed by atoms with E-state index >= 15 is 0 Å². The number of rotatable bonds is 6. The van der Waals surface area contributed by atoms with Gasteiger partial charge in [-0.25, -0.2) is 8.42 Å². The summed E-state index contributed by atoms with van der Waals surface area (Å²) in [5, 5.41) is 8.77. The molecule has 0 atom stereocenters. The second-order valence-electron chi connectivity index (χ2n) is 4.34. The lowest BCUT2D eigenvalue weighted by atomic mass is 10.2. The predicted octanol–water partition coefficient (Wildman–Crippen LogP) is 2.39. The molecule has 5 heteroatoms. The van der Waals surface area contributed by atoms with Crippen LogP contribution in [0.15, 0.2) is 54.6 Å². The van der Waals surface area contributed by atoms with E-state index in [1.807, 2.05) is 18.2 Å². The summed E-state index contributed by atoms with van der Waals surface area (Å²) in [6, 6.07) is 16.2. The van der Waals surface area contributed by atoms with Crippen molar-refractivity contribution in [3.05, 3.63) is 60.2 Å². The summed E-state index contributed by atoms with van der Waals surface area (Å²) in [6.07, 6.45) is 0. The molecule has 0 fully saturated rings. The molecular weight excluding hydrogens is 276 g/mol. The summed E-state index contributed by atoms with van der Waals surface area (Å²) in [5.74, 6) is 0.781. The summed E-state index contributed by atoms with van der Waals surface area (Å²) >= 11 is 0. The highest BCUT2D eigenvalue weighted by Gasteiger charge is 2.14. The molecule has 0 aliphatic carbocycles. The van der Waals surface area contributed by atoms with Gasteiger partial charge in [-0.15, -0.1) is 0 Å². The normalized spacial score (nSPS) is 11.2. The summed E-state index contributed by atoms with van der Waals surface area (Å²) in [7, 11) is -3.33. The molecule has 0 aliphatic heterocycles. The van der Waals surface area contributed by atoms with Crippen molar-refractivity contribution >= 4 is 9.84 Å². The molecule has 0 bridgehead atoms. The van der Waals surface area contributed by atoms with E-state index < -0.39 is 9.84 Å². The standard InChI is InChI=1S/C15H16O4S/c16-10-11-20(17,18)12-13-6-4-5-9-15(13)19-14-7-2-1-3-8-14/h1-9,16H,10-12H2. The third kappa shape index (κ3) is 4.08. The first-order valence-corrected chi connectivity index (χ1v) is 8.05. The van der Waals surface area contributed by atoms with E-state index in [0.29, 0.717) is 17.1 Å². The van der Waals surface area contributed by atoms with Crippen LogP contribution in [0.25, 0.3) is 0 Å². The van der Waals surface area contributed by atoms with Crippen LogP contribution >= 0.6 is 0 Å². The van der Waals surface area contributed by atoms with E-state index in [2.05, 4.69) is 0 Å². The highest BCUT2D eigenvalue weighted by atomic mass is 32.2. The number of hydrogen-bond donors (Lipinski definition) is 1. The molecule has 2 aromatic rings. The maximum atomic E-state index is 11.8. The van der Waals surface area contributed by atoms with Crippen molar-refractivity contribution in [1.82, 2.24) is 0 Å². The van der Waals surface area contributed by atoms with Crippen molar-refractivity contribution in [1.29, 1.82) is 0 Å². The zero-order chi connectivity index (χ0) is 14.4. The molecule has 0 spiro atoms. The largest absolute Gasteiger partial charge is 0.457 e. The van der Waals surface area contributed by atoms with Gasteiger partial charge in [0.25, 0.3) is 0 Å². The van der Waals surface area contributed by atoms with Gasteiger partial charge in [-0.1, -0.05) is 36.4 Å². The number of aliphatic hydroxyl groups is 1. The van der Waals surface area contributed by atoms with E-state index in [1.54, 1.807) is 36.4 Å². The van der Waals surface area contributed by atoms with Gasteiger partial charge >= 0.3 is 0 Å². The Balaban J connectivity index is 2.23. The summed E-state index contributed by atoms with van der Waals surface area (Å²) in [6.45, 7) is -0.371. The molecule has 106 valence electrons. The first-order valence-electron chi connectivity index (χ1n) is 6.23.